The molecule has 196 valence electrons. The fraction of sp³-hybridized carbons (Fsp3) is 0.810. The molecule has 1 saturated heterocycles. The van der Waals surface area contributed by atoms with Crippen molar-refractivity contribution in [1.29, 1.82) is 0 Å². The zero-order valence-corrected chi connectivity index (χ0v) is 19.5. The molecule has 0 saturated carbocycles. The van der Waals surface area contributed by atoms with Gasteiger partial charge in [0.2, 0.25) is 0 Å². The number of nitrogens with zero attached hydrogens (tertiary/aromatic N) is 3. The van der Waals surface area contributed by atoms with E-state index in [1.54, 1.807) is 30.0 Å². The minimum absolute atomic E-state index is 0.00870. The topological polar surface area (TPSA) is 167 Å². The molecular weight excluding hydrogens is 454 g/mol. The molecule has 13 heteroatoms. The van der Waals surface area contributed by atoms with Crippen LogP contribution in [0.25, 0.3) is 0 Å². The normalized spacial score (nSPS) is 25.4. The lowest BCUT2D eigenvalue weighted by molar-refractivity contribution is -0.290. The van der Waals surface area contributed by atoms with Crippen LogP contribution in [-0.2, 0) is 41.6 Å². The van der Waals surface area contributed by atoms with E-state index in [-0.39, 0.29) is 13.2 Å². The third-order valence-corrected chi connectivity index (χ3v) is 4.83. The molecule has 0 aliphatic carbocycles. The molecule has 34 heavy (non-hydrogen) atoms. The molecular formula is C21H37N3O10. The monoisotopic (exact) mass is 491 g/mol. The van der Waals surface area contributed by atoms with Gasteiger partial charge in [0, 0.05) is 0 Å². The molecule has 0 radical (unpaired) electrons. The van der Waals surface area contributed by atoms with E-state index in [1.165, 1.54) is 0 Å². The molecule has 4 N–H and O–H groups in total. The maximum atomic E-state index is 9.88. The first-order valence-electron chi connectivity index (χ1n) is 11.3. The van der Waals surface area contributed by atoms with E-state index in [9.17, 15) is 15.3 Å². The van der Waals surface area contributed by atoms with E-state index >= 15 is 0 Å². The van der Waals surface area contributed by atoms with Gasteiger partial charge in [0.1, 0.15) is 24.0 Å². The lowest BCUT2D eigenvalue weighted by Crippen LogP contribution is -2.57. The van der Waals surface area contributed by atoms with Crippen molar-refractivity contribution >= 4 is 0 Å². The van der Waals surface area contributed by atoms with Crippen molar-refractivity contribution in [1.82, 2.24) is 15.0 Å². The molecule has 1 aromatic rings. The van der Waals surface area contributed by atoms with Gasteiger partial charge in [0.15, 0.2) is 6.29 Å². The van der Waals surface area contributed by atoms with E-state index in [2.05, 4.69) is 10.3 Å². The number of hydrogen-bond donors (Lipinski definition) is 4. The van der Waals surface area contributed by atoms with Crippen molar-refractivity contribution in [2.75, 3.05) is 59.5 Å². The van der Waals surface area contributed by atoms with Crippen LogP contribution in [0.1, 0.15) is 12.6 Å². The second-order valence-corrected chi connectivity index (χ2v) is 7.53. The number of aliphatic hydroxyl groups is 4. The number of rotatable bonds is 18. The Hall–Kier alpha value is -1.52. The van der Waals surface area contributed by atoms with Crippen molar-refractivity contribution in [3.63, 3.8) is 0 Å². The van der Waals surface area contributed by atoms with Gasteiger partial charge in [-0.05, 0) is 6.92 Å². The Balaban J connectivity index is 1.47. The van der Waals surface area contributed by atoms with Crippen LogP contribution >= 0.6 is 0 Å². The minimum Gasteiger partial charge on any atom is -0.394 e. The predicted octanol–water partition coefficient (Wildman–Crippen LogP) is -1.76. The summed E-state index contributed by atoms with van der Waals surface area (Å²) < 4.78 is 33.8. The Kier molecular flexibility index (Phi) is 14.4. The summed E-state index contributed by atoms with van der Waals surface area (Å²) in [6.45, 7) is 5.58. The zero-order chi connectivity index (χ0) is 24.6. The highest BCUT2D eigenvalue weighted by Crippen LogP contribution is 2.21. The Labute approximate surface area is 198 Å². The van der Waals surface area contributed by atoms with Gasteiger partial charge >= 0.3 is 0 Å². The van der Waals surface area contributed by atoms with Crippen LogP contribution in [0.4, 0.5) is 0 Å². The van der Waals surface area contributed by atoms with Gasteiger partial charge in [-0.1, -0.05) is 17.4 Å². The predicted molar refractivity (Wildman–Crippen MR) is 117 cm³/mol. The van der Waals surface area contributed by atoms with E-state index < -0.39 is 30.7 Å². The molecule has 5 atom stereocenters. The average Bonchev–Trinajstić information content (AvgIpc) is 3.29. The van der Waals surface area contributed by atoms with Gasteiger partial charge in [-0.3, -0.25) is 0 Å². The Morgan fingerprint density at radius 2 is 1.59 bits per heavy atom. The summed E-state index contributed by atoms with van der Waals surface area (Å²) >= 11 is 0. The van der Waals surface area contributed by atoms with Gasteiger partial charge in [0.05, 0.1) is 84.9 Å². The molecule has 0 spiro atoms. The maximum absolute atomic E-state index is 9.88. The fourth-order valence-electron chi connectivity index (χ4n) is 2.95. The van der Waals surface area contributed by atoms with Gasteiger partial charge in [-0.15, -0.1) is 5.10 Å². The number of aromatic nitrogens is 3. The van der Waals surface area contributed by atoms with Crippen LogP contribution < -0.4 is 0 Å². The van der Waals surface area contributed by atoms with Crippen LogP contribution in [0.3, 0.4) is 0 Å². The number of hydrogen-bond acceptors (Lipinski definition) is 12. The maximum Gasteiger partial charge on any atom is 0.186 e. The van der Waals surface area contributed by atoms with E-state index in [0.29, 0.717) is 65.1 Å². The molecule has 0 bridgehead atoms. The lowest BCUT2D eigenvalue weighted by atomic mass is 10.0. The third-order valence-electron chi connectivity index (χ3n) is 4.83. The second kappa shape index (κ2) is 17.0. The highest BCUT2D eigenvalue weighted by atomic mass is 16.7. The van der Waals surface area contributed by atoms with Crippen molar-refractivity contribution in [3.05, 3.63) is 24.0 Å². The molecule has 2 rings (SSSR count). The molecule has 2 heterocycles. The first-order valence-corrected chi connectivity index (χ1v) is 11.3. The molecule has 1 aliphatic rings. The van der Waals surface area contributed by atoms with E-state index in [0.717, 1.165) is 0 Å². The molecule has 1 aromatic heterocycles. The summed E-state index contributed by atoms with van der Waals surface area (Å²) in [4.78, 5) is 0. The number of ether oxygens (including phenoxy) is 6. The quantitative estimate of drug-likeness (QED) is 0.135. The van der Waals surface area contributed by atoms with Gasteiger partial charge < -0.3 is 48.8 Å². The van der Waals surface area contributed by atoms with Crippen molar-refractivity contribution in [2.45, 2.75) is 50.8 Å². The van der Waals surface area contributed by atoms with Crippen LogP contribution in [0.2, 0.25) is 0 Å². The van der Waals surface area contributed by atoms with Gasteiger partial charge in [0.25, 0.3) is 0 Å². The molecule has 1 aliphatic heterocycles. The summed E-state index contributed by atoms with van der Waals surface area (Å²) in [5.41, 5.74) is 0.691. The summed E-state index contributed by atoms with van der Waals surface area (Å²) in [5, 5.41) is 45.9. The molecule has 0 aromatic carbocycles. The summed E-state index contributed by atoms with van der Waals surface area (Å²) in [6.07, 6.45) is -0.196. The van der Waals surface area contributed by atoms with Crippen LogP contribution in [-0.4, -0.2) is 126 Å². The van der Waals surface area contributed by atoms with E-state index in [4.69, 9.17) is 33.5 Å². The highest BCUT2D eigenvalue weighted by molar-refractivity contribution is 4.91. The van der Waals surface area contributed by atoms with Crippen LogP contribution in [0, 0.1) is 0 Å². The first-order chi connectivity index (χ1) is 16.5. The molecule has 1 fully saturated rings. The Morgan fingerprint density at radius 1 is 0.912 bits per heavy atom. The van der Waals surface area contributed by atoms with Crippen molar-refractivity contribution in [2.24, 2.45) is 0 Å². The summed E-state index contributed by atoms with van der Waals surface area (Å²) in [5.74, 6) is 0. The summed E-state index contributed by atoms with van der Waals surface area (Å²) in [6, 6.07) is 0. The fourth-order valence-corrected chi connectivity index (χ4v) is 2.95. The minimum atomic E-state index is -1.32. The molecule has 0 amide bonds. The van der Waals surface area contributed by atoms with E-state index in [1.807, 2.05) is 0 Å². The Bertz CT molecular complexity index is 677. The average molecular weight is 492 g/mol. The standard InChI is InChI=1S/C21H37N3O10/c1-16-18(26)19(27)20(28)21(34-16)33-7-3-2-6-32-15-17-14-24(23-22-17)4-8-29-10-12-31-13-11-30-9-5-25/h2-3,14,16,18-21,25-28H,4-13,15H2,1H3/b3-2-/t16?,18-,19+,20?,21-/m1/s1. The third kappa shape index (κ3) is 10.8. The van der Waals surface area contributed by atoms with Crippen LogP contribution in [0.15, 0.2) is 18.3 Å². The van der Waals surface area contributed by atoms with Gasteiger partial charge in [-0.25, -0.2) is 4.68 Å². The molecule has 2 unspecified atom stereocenters. The zero-order valence-electron chi connectivity index (χ0n) is 19.5. The van der Waals surface area contributed by atoms with Crippen molar-refractivity contribution < 1.29 is 48.8 Å². The smallest absolute Gasteiger partial charge is 0.186 e. The van der Waals surface area contributed by atoms with Crippen molar-refractivity contribution in [3.8, 4) is 0 Å². The second-order valence-electron chi connectivity index (χ2n) is 7.53. The van der Waals surface area contributed by atoms with Crippen LogP contribution in [0.5, 0.6) is 0 Å². The molecule has 13 nitrogen and oxygen atoms in total. The summed E-state index contributed by atoms with van der Waals surface area (Å²) in [7, 11) is 0. The number of aliphatic hydroxyl groups excluding tert-OH is 4. The SMILES string of the molecule is CC1O[C@@H](OC/C=C\COCc2cn(CCOCCOCCOCCO)nn2)C(O)[C@@H](O)[C@@H]1O. The Morgan fingerprint density at radius 3 is 2.32 bits per heavy atom. The largest absolute Gasteiger partial charge is 0.394 e. The van der Waals surface area contributed by atoms with Gasteiger partial charge in [-0.2, -0.15) is 0 Å². The first kappa shape index (κ1) is 28.7. The highest BCUT2D eigenvalue weighted by Gasteiger charge is 2.42. The lowest BCUT2D eigenvalue weighted by Gasteiger charge is -2.38.